The first kappa shape index (κ1) is 18.2. The summed E-state index contributed by atoms with van der Waals surface area (Å²) in [5.74, 6) is 0.341. The van der Waals surface area contributed by atoms with E-state index in [2.05, 4.69) is 34.1 Å². The van der Waals surface area contributed by atoms with E-state index in [1.165, 1.54) is 36.3 Å². The highest BCUT2D eigenvalue weighted by molar-refractivity contribution is 5.64. The monoisotopic (exact) mass is 393 g/mol. The van der Waals surface area contributed by atoms with Gasteiger partial charge in [0.05, 0.1) is 12.4 Å². The summed E-state index contributed by atoms with van der Waals surface area (Å²) in [6, 6.07) is 7.20. The zero-order valence-electron chi connectivity index (χ0n) is 16.6. The van der Waals surface area contributed by atoms with Crippen molar-refractivity contribution in [2.45, 2.75) is 37.8 Å². The second kappa shape index (κ2) is 6.91. The van der Waals surface area contributed by atoms with Crippen LogP contribution in [0.2, 0.25) is 0 Å². The average molecular weight is 393 g/mol. The number of halogens is 1. The summed E-state index contributed by atoms with van der Waals surface area (Å²) < 4.78 is 22.0. The molecule has 2 fully saturated rings. The van der Waals surface area contributed by atoms with Crippen LogP contribution in [-0.4, -0.2) is 50.9 Å². The van der Waals surface area contributed by atoms with Gasteiger partial charge in [-0.25, -0.2) is 19.0 Å². The fourth-order valence-corrected chi connectivity index (χ4v) is 4.51. The fraction of sp³-hybridized carbons (Fsp3) is 0.409. The van der Waals surface area contributed by atoms with Crippen molar-refractivity contribution in [1.29, 1.82) is 0 Å². The molecule has 2 saturated carbocycles. The third-order valence-corrected chi connectivity index (χ3v) is 6.37. The summed E-state index contributed by atoms with van der Waals surface area (Å²) in [5.41, 5.74) is 2.15. The van der Waals surface area contributed by atoms with Crippen molar-refractivity contribution in [1.82, 2.24) is 24.6 Å². The standard InChI is InChI=1S/C22H24FN5O/c1-27(2)16-7-8-22(9-16)10-20(22)29-19-12-24-14-25-21(19)15-11-26-28(13-15)18-6-4-3-5-17(18)23/h3-6,11-14,16,20H,7-10H2,1-2H3/t16-,20+,22?/m1/s1. The molecule has 0 radical (unpaired) electrons. The van der Waals surface area contributed by atoms with E-state index in [-0.39, 0.29) is 11.9 Å². The number of aromatic nitrogens is 4. The van der Waals surface area contributed by atoms with Gasteiger partial charge in [-0.1, -0.05) is 12.1 Å². The van der Waals surface area contributed by atoms with Crippen LogP contribution >= 0.6 is 0 Å². The van der Waals surface area contributed by atoms with E-state index >= 15 is 0 Å². The minimum absolute atomic E-state index is 0.207. The molecule has 2 aromatic heterocycles. The summed E-state index contributed by atoms with van der Waals surface area (Å²) in [6.45, 7) is 0. The van der Waals surface area contributed by atoms with E-state index in [4.69, 9.17) is 4.74 Å². The molecule has 1 unspecified atom stereocenters. The summed E-state index contributed by atoms with van der Waals surface area (Å²) >= 11 is 0. The van der Waals surface area contributed by atoms with Gasteiger partial charge in [0, 0.05) is 23.2 Å². The summed E-state index contributed by atoms with van der Waals surface area (Å²) in [4.78, 5) is 10.9. The van der Waals surface area contributed by atoms with Gasteiger partial charge >= 0.3 is 0 Å². The highest BCUT2D eigenvalue weighted by Gasteiger charge is 2.60. The maximum atomic E-state index is 14.1. The molecule has 1 aromatic carbocycles. The Morgan fingerprint density at radius 3 is 2.86 bits per heavy atom. The van der Waals surface area contributed by atoms with Crippen LogP contribution in [0.1, 0.15) is 25.7 Å². The molecule has 0 N–H and O–H groups in total. The topological polar surface area (TPSA) is 56.1 Å². The molecule has 150 valence electrons. The van der Waals surface area contributed by atoms with E-state index in [0.29, 0.717) is 28.6 Å². The van der Waals surface area contributed by atoms with E-state index in [9.17, 15) is 4.39 Å². The largest absolute Gasteiger partial charge is 0.486 e. The van der Waals surface area contributed by atoms with Crippen LogP contribution in [0.15, 0.2) is 49.2 Å². The van der Waals surface area contributed by atoms with Crippen molar-refractivity contribution in [3.63, 3.8) is 0 Å². The van der Waals surface area contributed by atoms with Crippen LogP contribution in [0.4, 0.5) is 4.39 Å². The quantitative estimate of drug-likeness (QED) is 0.661. The Balaban J connectivity index is 1.37. The number of nitrogens with zero attached hydrogens (tertiary/aromatic N) is 5. The lowest BCUT2D eigenvalue weighted by Crippen LogP contribution is -2.25. The Morgan fingerprint density at radius 2 is 2.07 bits per heavy atom. The van der Waals surface area contributed by atoms with Crippen molar-refractivity contribution >= 4 is 0 Å². The molecule has 2 aliphatic rings. The van der Waals surface area contributed by atoms with Gasteiger partial charge in [0.25, 0.3) is 0 Å². The lowest BCUT2D eigenvalue weighted by atomic mass is 10.1. The predicted octanol–water partition coefficient (Wildman–Crippen LogP) is 3.72. The Hall–Kier alpha value is -2.80. The summed E-state index contributed by atoms with van der Waals surface area (Å²) in [6.07, 6.45) is 11.6. The Morgan fingerprint density at radius 1 is 1.21 bits per heavy atom. The lowest BCUT2D eigenvalue weighted by Gasteiger charge is -2.19. The van der Waals surface area contributed by atoms with E-state index < -0.39 is 0 Å². The van der Waals surface area contributed by atoms with E-state index in [1.54, 1.807) is 36.8 Å². The zero-order chi connectivity index (χ0) is 20.0. The fourth-order valence-electron chi connectivity index (χ4n) is 4.51. The molecule has 2 aliphatic carbocycles. The molecule has 5 rings (SSSR count). The zero-order valence-corrected chi connectivity index (χ0v) is 16.6. The smallest absolute Gasteiger partial charge is 0.164 e. The van der Waals surface area contributed by atoms with Crippen LogP contribution in [0.5, 0.6) is 5.75 Å². The maximum Gasteiger partial charge on any atom is 0.164 e. The summed E-state index contributed by atoms with van der Waals surface area (Å²) in [7, 11) is 4.30. The van der Waals surface area contributed by atoms with Crippen LogP contribution in [0, 0.1) is 11.2 Å². The number of para-hydroxylation sites is 1. The SMILES string of the molecule is CN(C)[C@@H]1CCC2(C1)C[C@@H]2Oc1cncnc1-c1cnn(-c2ccccc2F)c1. The highest BCUT2D eigenvalue weighted by Crippen LogP contribution is 2.60. The molecule has 3 atom stereocenters. The third kappa shape index (κ3) is 3.29. The van der Waals surface area contributed by atoms with Crippen LogP contribution < -0.4 is 4.74 Å². The molecule has 0 saturated heterocycles. The second-order valence-electron chi connectivity index (χ2n) is 8.39. The number of ether oxygens (including phenoxy) is 1. The third-order valence-electron chi connectivity index (χ3n) is 6.37. The van der Waals surface area contributed by atoms with E-state index in [0.717, 1.165) is 12.0 Å². The van der Waals surface area contributed by atoms with Crippen LogP contribution in [0.25, 0.3) is 16.9 Å². The van der Waals surface area contributed by atoms with Crippen LogP contribution in [0.3, 0.4) is 0 Å². The molecular weight excluding hydrogens is 369 g/mol. The van der Waals surface area contributed by atoms with Gasteiger partial charge in [0.15, 0.2) is 5.75 Å². The van der Waals surface area contributed by atoms with Gasteiger partial charge in [0.2, 0.25) is 0 Å². The van der Waals surface area contributed by atoms with Gasteiger partial charge in [0.1, 0.15) is 29.6 Å². The van der Waals surface area contributed by atoms with Gasteiger partial charge in [-0.15, -0.1) is 0 Å². The maximum absolute atomic E-state index is 14.1. The number of benzene rings is 1. The molecule has 7 heteroatoms. The van der Waals surface area contributed by atoms with E-state index in [1.807, 2.05) is 0 Å². The molecule has 1 spiro atoms. The normalized spacial score (nSPS) is 25.7. The molecule has 29 heavy (non-hydrogen) atoms. The van der Waals surface area contributed by atoms with Crippen molar-refractivity contribution in [2.75, 3.05) is 14.1 Å². The number of hydrogen-bond acceptors (Lipinski definition) is 5. The first-order chi connectivity index (χ1) is 14.1. The molecular formula is C22H24FN5O. The minimum atomic E-state index is -0.321. The second-order valence-corrected chi connectivity index (χ2v) is 8.39. The van der Waals surface area contributed by atoms with Crippen LogP contribution in [-0.2, 0) is 0 Å². The Bertz CT molecular complexity index is 1040. The number of rotatable bonds is 5. The van der Waals surface area contributed by atoms with Gasteiger partial charge < -0.3 is 9.64 Å². The van der Waals surface area contributed by atoms with Gasteiger partial charge in [-0.3, -0.25) is 0 Å². The first-order valence-corrected chi connectivity index (χ1v) is 9.99. The number of hydrogen-bond donors (Lipinski definition) is 0. The van der Waals surface area contributed by atoms with Crippen molar-refractivity contribution in [3.05, 3.63) is 55.0 Å². The Kier molecular flexibility index (Phi) is 4.35. The average Bonchev–Trinajstić information content (AvgIpc) is 3.07. The minimum Gasteiger partial charge on any atom is -0.486 e. The van der Waals surface area contributed by atoms with Gasteiger partial charge in [-0.05, 0) is 51.9 Å². The summed E-state index contributed by atoms with van der Waals surface area (Å²) in [5, 5.41) is 4.32. The Labute approximate surface area is 169 Å². The van der Waals surface area contributed by atoms with Gasteiger partial charge in [-0.2, -0.15) is 5.10 Å². The molecule has 0 amide bonds. The highest BCUT2D eigenvalue weighted by atomic mass is 19.1. The molecule has 6 nitrogen and oxygen atoms in total. The van der Waals surface area contributed by atoms with Crippen molar-refractivity contribution in [3.8, 4) is 22.7 Å². The molecule has 0 bridgehead atoms. The molecule has 0 aliphatic heterocycles. The molecule has 2 heterocycles. The van der Waals surface area contributed by atoms with Crippen molar-refractivity contribution in [2.24, 2.45) is 5.41 Å². The first-order valence-electron chi connectivity index (χ1n) is 9.99. The molecule has 3 aromatic rings. The predicted molar refractivity (Wildman–Crippen MR) is 107 cm³/mol. The lowest BCUT2D eigenvalue weighted by molar-refractivity contribution is 0.230. The van der Waals surface area contributed by atoms with Crippen molar-refractivity contribution < 1.29 is 9.13 Å².